The molecular formula is C13H26O5. The van der Waals surface area contributed by atoms with Crippen LogP contribution in [-0.2, 0) is 9.53 Å². The number of unbranched alkanes of at least 4 members (excludes halogenated alkanes) is 2. The van der Waals surface area contributed by atoms with Crippen molar-refractivity contribution in [3.8, 4) is 0 Å². The second-order valence-electron chi connectivity index (χ2n) is 4.56. The van der Waals surface area contributed by atoms with Gasteiger partial charge in [0.25, 0.3) is 0 Å². The average Bonchev–Trinajstić information content (AvgIpc) is 2.36. The molecule has 0 rings (SSSR count). The summed E-state index contributed by atoms with van der Waals surface area (Å²) in [6.45, 7) is 1.53. The highest BCUT2D eigenvalue weighted by atomic mass is 16.5. The van der Waals surface area contributed by atoms with Crippen molar-refractivity contribution in [2.45, 2.75) is 64.1 Å². The number of carbonyl (C=O) groups excluding carboxylic acids is 1. The van der Waals surface area contributed by atoms with E-state index in [4.69, 9.17) is 14.9 Å². The Balaban J connectivity index is 3.43. The van der Waals surface area contributed by atoms with Gasteiger partial charge in [-0.25, -0.2) is 0 Å². The van der Waals surface area contributed by atoms with Crippen molar-refractivity contribution in [1.29, 1.82) is 0 Å². The first kappa shape index (κ1) is 17.4. The molecule has 0 fully saturated rings. The van der Waals surface area contributed by atoms with Gasteiger partial charge in [-0.05, 0) is 19.3 Å². The van der Waals surface area contributed by atoms with Crippen molar-refractivity contribution in [1.82, 2.24) is 0 Å². The van der Waals surface area contributed by atoms with Gasteiger partial charge in [0.2, 0.25) is 0 Å². The molecule has 0 aromatic carbocycles. The highest BCUT2D eigenvalue weighted by molar-refractivity contribution is 5.69. The quantitative estimate of drug-likeness (QED) is 0.382. The zero-order chi connectivity index (χ0) is 13.8. The fourth-order valence-electron chi connectivity index (χ4n) is 1.57. The number of ether oxygens (including phenoxy) is 1. The Morgan fingerprint density at radius 3 is 2.39 bits per heavy atom. The van der Waals surface area contributed by atoms with E-state index in [0.29, 0.717) is 12.8 Å². The highest BCUT2D eigenvalue weighted by Crippen LogP contribution is 2.10. The zero-order valence-corrected chi connectivity index (χ0v) is 11.2. The number of hydrogen-bond donors (Lipinski definition) is 3. The van der Waals surface area contributed by atoms with E-state index in [2.05, 4.69) is 6.92 Å². The van der Waals surface area contributed by atoms with Crippen LogP contribution in [0.3, 0.4) is 0 Å². The van der Waals surface area contributed by atoms with Gasteiger partial charge in [-0.2, -0.15) is 0 Å². The standard InChI is InChI=1S/C13H26O5/c1-2-3-4-6-11(15)7-5-8-13(17)18-10-12(16)9-14/h11-12,14-16H,2-10H2,1H3. The molecule has 0 heterocycles. The number of rotatable bonds is 11. The molecule has 0 radical (unpaired) electrons. The molecule has 0 amide bonds. The van der Waals surface area contributed by atoms with Crippen molar-refractivity contribution >= 4 is 5.97 Å². The minimum Gasteiger partial charge on any atom is -0.463 e. The monoisotopic (exact) mass is 262 g/mol. The second-order valence-corrected chi connectivity index (χ2v) is 4.56. The Morgan fingerprint density at radius 2 is 1.78 bits per heavy atom. The molecule has 0 aliphatic heterocycles. The number of aliphatic hydroxyl groups is 3. The number of carbonyl (C=O) groups is 1. The molecule has 2 atom stereocenters. The van der Waals surface area contributed by atoms with E-state index in [9.17, 15) is 9.90 Å². The van der Waals surface area contributed by atoms with Gasteiger partial charge in [0.15, 0.2) is 0 Å². The van der Waals surface area contributed by atoms with E-state index in [1.54, 1.807) is 0 Å². The lowest BCUT2D eigenvalue weighted by molar-refractivity contribution is -0.147. The van der Waals surface area contributed by atoms with Crippen LogP contribution in [0.5, 0.6) is 0 Å². The topological polar surface area (TPSA) is 87.0 Å². The summed E-state index contributed by atoms with van der Waals surface area (Å²) in [5, 5.41) is 27.1. The average molecular weight is 262 g/mol. The molecular weight excluding hydrogens is 236 g/mol. The van der Waals surface area contributed by atoms with Gasteiger partial charge >= 0.3 is 5.97 Å². The molecule has 0 bridgehead atoms. The maximum atomic E-state index is 11.2. The molecule has 5 nitrogen and oxygen atoms in total. The van der Waals surface area contributed by atoms with Crippen LogP contribution in [0.2, 0.25) is 0 Å². The molecule has 0 spiro atoms. The third-order valence-electron chi connectivity index (χ3n) is 2.71. The molecule has 5 heteroatoms. The SMILES string of the molecule is CCCCCC(O)CCCC(=O)OCC(O)CO. The highest BCUT2D eigenvalue weighted by Gasteiger charge is 2.09. The Bertz CT molecular complexity index is 208. The Labute approximate surface area is 109 Å². The van der Waals surface area contributed by atoms with Crippen molar-refractivity contribution in [2.75, 3.05) is 13.2 Å². The summed E-state index contributed by atoms with van der Waals surface area (Å²) in [4.78, 5) is 11.2. The Kier molecular flexibility index (Phi) is 11.0. The van der Waals surface area contributed by atoms with E-state index in [0.717, 1.165) is 25.7 Å². The van der Waals surface area contributed by atoms with Crippen LogP contribution >= 0.6 is 0 Å². The van der Waals surface area contributed by atoms with E-state index in [1.807, 2.05) is 0 Å². The van der Waals surface area contributed by atoms with Crippen LogP contribution in [0.25, 0.3) is 0 Å². The zero-order valence-electron chi connectivity index (χ0n) is 11.2. The van der Waals surface area contributed by atoms with E-state index < -0.39 is 18.7 Å². The molecule has 0 aromatic heterocycles. The molecule has 108 valence electrons. The smallest absolute Gasteiger partial charge is 0.305 e. The van der Waals surface area contributed by atoms with Crippen LogP contribution in [-0.4, -0.2) is 46.7 Å². The molecule has 3 N–H and O–H groups in total. The number of esters is 1. The van der Waals surface area contributed by atoms with Gasteiger partial charge in [0, 0.05) is 6.42 Å². The van der Waals surface area contributed by atoms with Gasteiger partial charge in [0.05, 0.1) is 12.7 Å². The third-order valence-corrected chi connectivity index (χ3v) is 2.71. The molecule has 0 aromatic rings. The van der Waals surface area contributed by atoms with Crippen LogP contribution in [0, 0.1) is 0 Å². The van der Waals surface area contributed by atoms with Crippen molar-refractivity contribution < 1.29 is 24.9 Å². The normalized spacial score (nSPS) is 14.2. The Morgan fingerprint density at radius 1 is 1.11 bits per heavy atom. The molecule has 0 aliphatic carbocycles. The summed E-state index contributed by atoms with van der Waals surface area (Å²) in [5.74, 6) is -0.400. The van der Waals surface area contributed by atoms with Gasteiger partial charge in [0.1, 0.15) is 12.7 Å². The van der Waals surface area contributed by atoms with E-state index >= 15 is 0 Å². The van der Waals surface area contributed by atoms with Crippen LogP contribution in [0.1, 0.15) is 51.9 Å². The molecule has 0 saturated heterocycles. The molecule has 0 saturated carbocycles. The van der Waals surface area contributed by atoms with Crippen LogP contribution in [0.4, 0.5) is 0 Å². The van der Waals surface area contributed by atoms with Gasteiger partial charge in [-0.1, -0.05) is 26.2 Å². The summed E-state index contributed by atoms with van der Waals surface area (Å²) in [6, 6.07) is 0. The molecule has 18 heavy (non-hydrogen) atoms. The summed E-state index contributed by atoms with van der Waals surface area (Å²) in [7, 11) is 0. The first-order chi connectivity index (χ1) is 8.60. The second kappa shape index (κ2) is 11.4. The fourth-order valence-corrected chi connectivity index (χ4v) is 1.57. The summed E-state index contributed by atoms with van der Waals surface area (Å²) in [6.07, 6.45) is 4.13. The lowest BCUT2D eigenvalue weighted by Crippen LogP contribution is -2.22. The summed E-state index contributed by atoms with van der Waals surface area (Å²) < 4.78 is 4.74. The lowest BCUT2D eigenvalue weighted by Gasteiger charge is -2.10. The van der Waals surface area contributed by atoms with Gasteiger partial charge < -0.3 is 20.1 Å². The third kappa shape index (κ3) is 10.5. The summed E-state index contributed by atoms with van der Waals surface area (Å²) >= 11 is 0. The van der Waals surface area contributed by atoms with Gasteiger partial charge in [-0.15, -0.1) is 0 Å². The maximum Gasteiger partial charge on any atom is 0.305 e. The van der Waals surface area contributed by atoms with E-state index in [1.165, 1.54) is 0 Å². The van der Waals surface area contributed by atoms with E-state index in [-0.39, 0.29) is 19.1 Å². The minimum atomic E-state index is -1.01. The predicted octanol–water partition coefficient (Wildman–Crippen LogP) is 0.994. The Hall–Kier alpha value is -0.650. The van der Waals surface area contributed by atoms with Crippen molar-refractivity contribution in [3.05, 3.63) is 0 Å². The molecule has 2 unspecified atom stereocenters. The largest absolute Gasteiger partial charge is 0.463 e. The first-order valence-electron chi connectivity index (χ1n) is 6.72. The summed E-state index contributed by atoms with van der Waals surface area (Å²) in [5.41, 5.74) is 0. The fraction of sp³-hybridized carbons (Fsp3) is 0.923. The number of hydrogen-bond acceptors (Lipinski definition) is 5. The maximum absolute atomic E-state index is 11.2. The van der Waals surface area contributed by atoms with Crippen molar-refractivity contribution in [3.63, 3.8) is 0 Å². The predicted molar refractivity (Wildman–Crippen MR) is 68.1 cm³/mol. The lowest BCUT2D eigenvalue weighted by atomic mass is 10.1. The minimum absolute atomic E-state index is 0.172. The number of aliphatic hydroxyl groups excluding tert-OH is 3. The molecule has 0 aliphatic rings. The van der Waals surface area contributed by atoms with Gasteiger partial charge in [-0.3, -0.25) is 4.79 Å². The first-order valence-corrected chi connectivity index (χ1v) is 6.72. The van der Waals surface area contributed by atoms with Crippen molar-refractivity contribution in [2.24, 2.45) is 0 Å². The van der Waals surface area contributed by atoms with Crippen LogP contribution in [0.15, 0.2) is 0 Å². The van der Waals surface area contributed by atoms with Crippen LogP contribution < -0.4 is 0 Å².